The van der Waals surface area contributed by atoms with Crippen molar-refractivity contribution in [2.75, 3.05) is 26.9 Å². The summed E-state index contributed by atoms with van der Waals surface area (Å²) in [5, 5.41) is 2.69. The third-order valence-corrected chi connectivity index (χ3v) is 2.32. The van der Waals surface area contributed by atoms with Gasteiger partial charge in [-0.3, -0.25) is 9.59 Å². The van der Waals surface area contributed by atoms with E-state index in [2.05, 4.69) is 16.5 Å². The van der Waals surface area contributed by atoms with Crippen molar-refractivity contribution in [1.29, 1.82) is 0 Å². The molecule has 0 aliphatic carbocycles. The van der Waals surface area contributed by atoms with E-state index in [1.807, 2.05) is 0 Å². The zero-order valence-electron chi connectivity index (χ0n) is 12.1. The fraction of sp³-hybridized carbons (Fsp3) is 0.462. The van der Waals surface area contributed by atoms with E-state index in [0.29, 0.717) is 19.6 Å². The Morgan fingerprint density at radius 3 is 2.80 bits per heavy atom. The molecule has 0 atom stereocenters. The molecule has 1 rings (SSSR count). The van der Waals surface area contributed by atoms with Gasteiger partial charge in [-0.15, -0.1) is 6.07 Å². The van der Waals surface area contributed by atoms with Crippen LogP contribution >= 0.6 is 0 Å². The summed E-state index contributed by atoms with van der Waals surface area (Å²) in [5.41, 5.74) is 0.357. The first-order valence-corrected chi connectivity index (χ1v) is 6.01. The number of carbonyl (C=O) groups is 2. The number of ether oxygens (including phenoxy) is 2. The van der Waals surface area contributed by atoms with Crippen molar-refractivity contribution < 1.29 is 70.4 Å². The van der Waals surface area contributed by atoms with Gasteiger partial charge in [-0.2, -0.15) is 0 Å². The normalized spacial score (nSPS) is 9.50. The van der Waals surface area contributed by atoms with Gasteiger partial charge in [-0.1, -0.05) is 12.4 Å². The van der Waals surface area contributed by atoms with Gasteiger partial charge < -0.3 is 19.8 Å². The van der Waals surface area contributed by atoms with Gasteiger partial charge in [0.25, 0.3) is 5.97 Å². The number of amides is 1. The first-order valence-electron chi connectivity index (χ1n) is 6.01. The molecule has 6 nitrogen and oxygen atoms in total. The number of methoxy groups -OCH3 is 1. The summed E-state index contributed by atoms with van der Waals surface area (Å²) in [6.07, 6.45) is 4.52. The maximum atomic E-state index is 11.9. The molecule has 0 fully saturated rings. The van der Waals surface area contributed by atoms with Gasteiger partial charge in [-0.25, -0.2) is 0 Å². The molecular formula is C13H17KN2O4. The third-order valence-electron chi connectivity index (χ3n) is 2.32. The van der Waals surface area contributed by atoms with E-state index in [9.17, 15) is 9.59 Å². The second-order valence-corrected chi connectivity index (χ2v) is 3.68. The van der Waals surface area contributed by atoms with E-state index >= 15 is 0 Å². The average molecular weight is 304 g/mol. The predicted octanol–water partition coefficient (Wildman–Crippen LogP) is -2.17. The maximum absolute atomic E-state index is 11.9. The minimum absolute atomic E-state index is 0. The molecule has 0 aliphatic heterocycles. The summed E-state index contributed by atoms with van der Waals surface area (Å²) in [6, 6.07) is 1.35. The van der Waals surface area contributed by atoms with Crippen molar-refractivity contribution in [1.82, 2.24) is 10.3 Å². The summed E-state index contributed by atoms with van der Waals surface area (Å²) in [5.74, 6) is -0.913. The third kappa shape index (κ3) is 6.42. The predicted molar refractivity (Wildman–Crippen MR) is 67.9 cm³/mol. The zero-order valence-corrected chi connectivity index (χ0v) is 15.2. The molecule has 104 valence electrons. The summed E-state index contributed by atoms with van der Waals surface area (Å²) < 4.78 is 9.76. The second kappa shape index (κ2) is 11.4. The summed E-state index contributed by atoms with van der Waals surface area (Å²) in [4.78, 5) is 27.3. The van der Waals surface area contributed by atoms with Crippen LogP contribution in [-0.2, 0) is 9.47 Å². The molecule has 0 saturated heterocycles. The number of rotatable bonds is 7. The van der Waals surface area contributed by atoms with Gasteiger partial charge in [0.05, 0.1) is 6.61 Å². The molecule has 1 aromatic heterocycles. The monoisotopic (exact) mass is 304 g/mol. The molecule has 0 spiro atoms. The average Bonchev–Trinajstić information content (AvgIpc) is 2.43. The molecule has 1 N–H and O–H groups in total. The van der Waals surface area contributed by atoms with Crippen LogP contribution in [0.25, 0.3) is 0 Å². The van der Waals surface area contributed by atoms with Crippen molar-refractivity contribution in [3.8, 4) is 0 Å². The first-order chi connectivity index (χ1) is 9.20. The molecule has 1 heterocycles. The van der Waals surface area contributed by atoms with Crippen molar-refractivity contribution >= 4 is 11.9 Å². The Morgan fingerprint density at radius 1 is 1.40 bits per heavy atom. The number of carbonyl (C=O) groups excluding carboxylic acids is 2. The van der Waals surface area contributed by atoms with Crippen LogP contribution in [0.1, 0.15) is 34.1 Å². The smallest absolute Gasteiger partial charge is 0.472 e. The summed E-state index contributed by atoms with van der Waals surface area (Å²) in [6.45, 7) is 2.97. The topological polar surface area (TPSA) is 77.5 Å². The van der Waals surface area contributed by atoms with E-state index in [1.165, 1.54) is 12.3 Å². The number of hydrogen-bond acceptors (Lipinski definition) is 5. The number of hydrogen-bond donors (Lipinski definition) is 1. The van der Waals surface area contributed by atoms with Crippen molar-refractivity contribution in [2.45, 2.75) is 13.3 Å². The quantitative estimate of drug-likeness (QED) is 0.268. The largest absolute Gasteiger partial charge is 1.00 e. The molecule has 20 heavy (non-hydrogen) atoms. The summed E-state index contributed by atoms with van der Waals surface area (Å²) >= 11 is 0. The molecular weight excluding hydrogens is 287 g/mol. The van der Waals surface area contributed by atoms with E-state index in [1.54, 1.807) is 14.0 Å². The Balaban J connectivity index is 0.00000361. The van der Waals surface area contributed by atoms with Crippen molar-refractivity contribution in [3.63, 3.8) is 0 Å². The number of aromatic nitrogens is 1. The summed E-state index contributed by atoms with van der Waals surface area (Å²) in [7, 11) is 1.59. The van der Waals surface area contributed by atoms with E-state index in [0.717, 1.165) is 0 Å². The Hall–Kier alpha value is -0.314. The van der Waals surface area contributed by atoms with Crippen LogP contribution in [0.4, 0.5) is 0 Å². The van der Waals surface area contributed by atoms with Crippen LogP contribution in [0.2, 0.25) is 0 Å². The minimum Gasteiger partial charge on any atom is -0.472 e. The van der Waals surface area contributed by atoms with Crippen LogP contribution in [-0.4, -0.2) is 43.7 Å². The van der Waals surface area contributed by atoms with Gasteiger partial charge in [0.2, 0.25) is 5.91 Å². The number of esters is 1. The molecule has 0 aromatic carbocycles. The Bertz CT molecular complexity index is 440. The number of pyridine rings is 1. The SMILES string of the molecule is CCOC(=O)c1c[c-]ncc1C(=O)NCCCOC.[K+]. The van der Waals surface area contributed by atoms with Gasteiger partial charge in [0.15, 0.2) is 0 Å². The molecule has 1 amide bonds. The van der Waals surface area contributed by atoms with Crippen molar-refractivity contribution in [3.05, 3.63) is 29.6 Å². The van der Waals surface area contributed by atoms with Crippen LogP contribution in [0.15, 0.2) is 12.3 Å². The molecule has 1 aromatic rings. The maximum Gasteiger partial charge on any atom is 1.00 e. The zero-order chi connectivity index (χ0) is 14.1. The van der Waals surface area contributed by atoms with Crippen LogP contribution in [0.5, 0.6) is 0 Å². The fourth-order valence-corrected chi connectivity index (χ4v) is 1.42. The van der Waals surface area contributed by atoms with Gasteiger partial charge >= 0.3 is 51.4 Å². The Kier molecular flexibility index (Phi) is 11.2. The van der Waals surface area contributed by atoms with Gasteiger partial charge in [-0.05, 0) is 24.5 Å². The van der Waals surface area contributed by atoms with Crippen LogP contribution < -0.4 is 56.7 Å². The van der Waals surface area contributed by atoms with E-state index in [-0.39, 0.29) is 75.0 Å². The van der Waals surface area contributed by atoms with Gasteiger partial charge in [0.1, 0.15) is 0 Å². The molecule has 0 saturated carbocycles. The first kappa shape index (κ1) is 19.7. The van der Waals surface area contributed by atoms with Crippen LogP contribution in [0.3, 0.4) is 0 Å². The van der Waals surface area contributed by atoms with E-state index < -0.39 is 5.97 Å². The Morgan fingerprint density at radius 2 is 2.15 bits per heavy atom. The van der Waals surface area contributed by atoms with E-state index in [4.69, 9.17) is 9.47 Å². The van der Waals surface area contributed by atoms with Gasteiger partial charge in [0, 0.05) is 20.3 Å². The second-order valence-electron chi connectivity index (χ2n) is 3.68. The standard InChI is InChI=1S/C13H17N2O4.K/c1-3-19-13(17)10-5-7-14-9-11(10)12(16)15-6-4-8-18-2;/h5,9H,3-4,6,8H2,1-2H3,(H,15,16);/q-1;+1. The molecule has 0 bridgehead atoms. The molecule has 0 radical (unpaired) electrons. The minimum atomic E-state index is -0.553. The number of nitrogens with zero attached hydrogens (tertiary/aromatic N) is 1. The number of nitrogens with one attached hydrogen (secondary N) is 1. The fourth-order valence-electron chi connectivity index (χ4n) is 1.42. The van der Waals surface area contributed by atoms with Crippen molar-refractivity contribution in [2.24, 2.45) is 0 Å². The van der Waals surface area contributed by atoms with Crippen LogP contribution in [0, 0.1) is 6.20 Å². The molecule has 7 heteroatoms. The molecule has 0 unspecified atom stereocenters. The molecule has 0 aliphatic rings. The Labute approximate surface area is 161 Å².